The summed E-state index contributed by atoms with van der Waals surface area (Å²) in [4.78, 5) is 0. The molecule has 2 nitrogen and oxygen atoms in total. The Morgan fingerprint density at radius 3 is 2.67 bits per heavy atom. The second-order valence-corrected chi connectivity index (χ2v) is 4.21. The van der Waals surface area contributed by atoms with Crippen molar-refractivity contribution in [1.29, 1.82) is 0 Å². The van der Waals surface area contributed by atoms with Crippen LogP contribution < -0.4 is 0 Å². The molecule has 0 spiro atoms. The highest BCUT2D eigenvalue weighted by Gasteiger charge is 2.23. The van der Waals surface area contributed by atoms with Gasteiger partial charge in [-0.2, -0.15) is 0 Å². The minimum atomic E-state index is 0.273. The predicted molar refractivity (Wildman–Crippen MR) is 50.9 cm³/mol. The zero-order chi connectivity index (χ0) is 9.14. The largest absolute Gasteiger partial charge is 0.463 e. The lowest BCUT2D eigenvalue weighted by atomic mass is 10.0. The Morgan fingerprint density at radius 1 is 1.50 bits per heavy atom. The Balaban J connectivity index is 2.66. The molecule has 70 valence electrons. The zero-order valence-electron chi connectivity index (χ0n) is 8.38. The minimum absolute atomic E-state index is 0.273. The van der Waals surface area contributed by atoms with Crippen LogP contribution in [0.15, 0.2) is 0 Å². The maximum atomic E-state index is 9.71. The van der Waals surface area contributed by atoms with Gasteiger partial charge >= 0.3 is 5.90 Å². The number of aliphatic hydroxyl groups is 1. The fraction of sp³-hybridized carbons (Fsp3) is 0.900. The van der Waals surface area contributed by atoms with Crippen molar-refractivity contribution in [2.75, 3.05) is 13.1 Å². The van der Waals surface area contributed by atoms with Gasteiger partial charge in [-0.05, 0) is 20.3 Å². The van der Waals surface area contributed by atoms with Crippen molar-refractivity contribution in [2.45, 2.75) is 33.6 Å². The van der Waals surface area contributed by atoms with Gasteiger partial charge in [0, 0.05) is 12.3 Å². The van der Waals surface area contributed by atoms with Crippen LogP contribution in [-0.2, 0) is 0 Å². The third kappa shape index (κ3) is 2.23. The first-order valence-corrected chi connectivity index (χ1v) is 4.92. The molecule has 0 bridgehead atoms. The Labute approximate surface area is 74.9 Å². The lowest BCUT2D eigenvalue weighted by Crippen LogP contribution is -2.33. The quantitative estimate of drug-likeness (QED) is 0.472. The summed E-state index contributed by atoms with van der Waals surface area (Å²) in [6.45, 7) is 8.39. The minimum Gasteiger partial charge on any atom is -0.463 e. The molecule has 0 radical (unpaired) electrons. The van der Waals surface area contributed by atoms with Crippen molar-refractivity contribution >= 4 is 5.90 Å². The molecule has 1 fully saturated rings. The van der Waals surface area contributed by atoms with Gasteiger partial charge < -0.3 is 5.11 Å². The highest BCUT2D eigenvalue weighted by molar-refractivity contribution is 5.70. The summed E-state index contributed by atoms with van der Waals surface area (Å²) in [7, 11) is 0. The number of rotatable bonds is 1. The van der Waals surface area contributed by atoms with E-state index in [0.717, 1.165) is 19.0 Å². The highest BCUT2D eigenvalue weighted by atomic mass is 16.3. The molecule has 1 aliphatic heterocycles. The zero-order valence-corrected chi connectivity index (χ0v) is 8.38. The molecule has 2 heteroatoms. The highest BCUT2D eigenvalue weighted by Crippen LogP contribution is 2.13. The second kappa shape index (κ2) is 3.92. The van der Waals surface area contributed by atoms with E-state index in [2.05, 4.69) is 11.5 Å². The van der Waals surface area contributed by atoms with E-state index < -0.39 is 0 Å². The van der Waals surface area contributed by atoms with Crippen molar-refractivity contribution in [1.82, 2.24) is 0 Å². The normalized spacial score (nSPS) is 29.2. The van der Waals surface area contributed by atoms with Gasteiger partial charge in [-0.1, -0.05) is 6.92 Å². The first kappa shape index (κ1) is 9.56. The van der Waals surface area contributed by atoms with Crippen LogP contribution in [0, 0.1) is 11.8 Å². The summed E-state index contributed by atoms with van der Waals surface area (Å²) in [5.74, 6) is 1.58. The molecule has 0 unspecified atom stereocenters. The Hall–Kier alpha value is -0.530. The molecule has 1 atom stereocenters. The molecule has 12 heavy (non-hydrogen) atoms. The van der Waals surface area contributed by atoms with Gasteiger partial charge in [0.2, 0.25) is 0 Å². The van der Waals surface area contributed by atoms with E-state index in [4.69, 9.17) is 0 Å². The van der Waals surface area contributed by atoms with E-state index in [-0.39, 0.29) is 5.92 Å². The summed E-state index contributed by atoms with van der Waals surface area (Å²) in [6.07, 6.45) is 2.53. The third-order valence-corrected chi connectivity index (χ3v) is 2.50. The first-order valence-electron chi connectivity index (χ1n) is 4.92. The lowest BCUT2D eigenvalue weighted by Gasteiger charge is -2.17. The van der Waals surface area contributed by atoms with Crippen molar-refractivity contribution < 1.29 is 9.68 Å². The number of hydrogen-bond acceptors (Lipinski definition) is 0. The molecule has 0 amide bonds. The topological polar surface area (TPSA) is 23.2 Å². The van der Waals surface area contributed by atoms with Crippen molar-refractivity contribution in [3.05, 3.63) is 0 Å². The molecular weight excluding hydrogens is 150 g/mol. The summed E-state index contributed by atoms with van der Waals surface area (Å²) >= 11 is 0. The standard InChI is InChI=1S/C10H19NO/c1-8(2)10(12)11-6-4-5-9(3)7-11/h8-9H,4-7H2,1-3H3/p+1/t9-/m0/s1. The van der Waals surface area contributed by atoms with Crippen LogP contribution in [0.2, 0.25) is 0 Å². The summed E-state index contributed by atoms with van der Waals surface area (Å²) in [5, 5.41) is 9.71. The van der Waals surface area contributed by atoms with Crippen LogP contribution >= 0.6 is 0 Å². The van der Waals surface area contributed by atoms with Crippen LogP contribution in [-0.4, -0.2) is 28.7 Å². The molecule has 0 aliphatic carbocycles. The summed E-state index contributed by atoms with van der Waals surface area (Å²) < 4.78 is 2.12. The molecule has 1 aliphatic rings. The van der Waals surface area contributed by atoms with E-state index in [1.54, 1.807) is 0 Å². The van der Waals surface area contributed by atoms with Gasteiger partial charge in [0.25, 0.3) is 0 Å². The molecule has 1 N–H and O–H groups in total. The van der Waals surface area contributed by atoms with Crippen LogP contribution in [0.4, 0.5) is 0 Å². The lowest BCUT2D eigenvalue weighted by molar-refractivity contribution is -0.554. The van der Waals surface area contributed by atoms with E-state index in [1.807, 2.05) is 13.8 Å². The number of aliphatic hydroxyl groups excluding tert-OH is 1. The molecule has 0 aromatic carbocycles. The first-order chi connectivity index (χ1) is 5.61. The molecule has 1 rings (SSSR count). The molecule has 0 aromatic heterocycles. The average Bonchev–Trinajstić information content (AvgIpc) is 2.03. The predicted octanol–water partition coefficient (Wildman–Crippen LogP) is 2.04. The number of nitrogens with zero attached hydrogens (tertiary/aromatic N) is 1. The van der Waals surface area contributed by atoms with Crippen LogP contribution in [0.3, 0.4) is 0 Å². The van der Waals surface area contributed by atoms with Crippen molar-refractivity contribution in [2.24, 2.45) is 11.8 Å². The molecule has 1 saturated heterocycles. The fourth-order valence-corrected chi connectivity index (χ4v) is 1.76. The molecule has 1 heterocycles. The van der Waals surface area contributed by atoms with E-state index in [0.29, 0.717) is 5.90 Å². The van der Waals surface area contributed by atoms with Crippen molar-refractivity contribution in [3.8, 4) is 0 Å². The summed E-state index contributed by atoms with van der Waals surface area (Å²) in [6, 6.07) is 0. The van der Waals surface area contributed by atoms with Gasteiger partial charge in [-0.25, -0.2) is 4.58 Å². The van der Waals surface area contributed by atoms with Gasteiger partial charge in [0.1, 0.15) is 13.1 Å². The number of piperidine rings is 1. The van der Waals surface area contributed by atoms with Gasteiger partial charge in [0.05, 0.1) is 5.92 Å². The van der Waals surface area contributed by atoms with Crippen molar-refractivity contribution in [3.63, 3.8) is 0 Å². The average molecular weight is 170 g/mol. The Kier molecular flexibility index (Phi) is 3.12. The van der Waals surface area contributed by atoms with Crippen LogP contribution in [0.5, 0.6) is 0 Å². The van der Waals surface area contributed by atoms with E-state index in [1.165, 1.54) is 12.8 Å². The van der Waals surface area contributed by atoms with Gasteiger partial charge in [-0.15, -0.1) is 0 Å². The SMILES string of the molecule is CC(C)C(O)=[N+]1CCC[C@H](C)C1. The molecular formula is C10H20NO+. The van der Waals surface area contributed by atoms with E-state index >= 15 is 0 Å². The maximum absolute atomic E-state index is 9.71. The second-order valence-electron chi connectivity index (χ2n) is 4.21. The van der Waals surface area contributed by atoms with Crippen LogP contribution in [0.1, 0.15) is 33.6 Å². The number of hydrogen-bond donors (Lipinski definition) is 1. The fourth-order valence-electron chi connectivity index (χ4n) is 1.76. The van der Waals surface area contributed by atoms with Gasteiger partial charge in [0.15, 0.2) is 0 Å². The third-order valence-electron chi connectivity index (χ3n) is 2.50. The monoisotopic (exact) mass is 170 g/mol. The Morgan fingerprint density at radius 2 is 2.17 bits per heavy atom. The van der Waals surface area contributed by atoms with E-state index in [9.17, 15) is 5.11 Å². The smallest absolute Gasteiger partial charge is 0.336 e. The Bertz CT molecular complexity index is 184. The molecule has 0 saturated carbocycles. The van der Waals surface area contributed by atoms with Gasteiger partial charge in [-0.3, -0.25) is 0 Å². The maximum Gasteiger partial charge on any atom is 0.336 e. The summed E-state index contributed by atoms with van der Waals surface area (Å²) in [5.41, 5.74) is 0. The van der Waals surface area contributed by atoms with Crippen LogP contribution in [0.25, 0.3) is 0 Å². The molecule has 0 aromatic rings.